The highest BCUT2D eigenvalue weighted by molar-refractivity contribution is 9.10. The van der Waals surface area contributed by atoms with Crippen molar-refractivity contribution >= 4 is 38.4 Å². The summed E-state index contributed by atoms with van der Waals surface area (Å²) >= 11 is 4.96. The quantitative estimate of drug-likeness (QED) is 0.427. The van der Waals surface area contributed by atoms with Crippen molar-refractivity contribution in [3.8, 4) is 5.75 Å². The number of rotatable bonds is 2. The first-order chi connectivity index (χ1) is 12.2. The number of benzene rings is 1. The lowest BCUT2D eigenvalue weighted by Gasteiger charge is -2.47. The molecular weight excluding hydrogens is 408 g/mol. The Morgan fingerprint density at radius 1 is 1.38 bits per heavy atom. The number of amidine groups is 1. The van der Waals surface area contributed by atoms with Gasteiger partial charge in [0, 0.05) is 22.2 Å². The summed E-state index contributed by atoms with van der Waals surface area (Å²) in [6, 6.07) is 6.29. The SMILES string of the molecule is CC(C)(C)C1CCC2(CC1)C/C(=C\CSC(=N)N)c1cc(Br)ccc1O2. The fourth-order valence-electron chi connectivity index (χ4n) is 4.26. The number of nitrogens with two attached hydrogens (primary N) is 1. The van der Waals surface area contributed by atoms with Crippen LogP contribution in [-0.4, -0.2) is 16.5 Å². The van der Waals surface area contributed by atoms with Gasteiger partial charge in [0.2, 0.25) is 0 Å². The third-order valence-electron chi connectivity index (χ3n) is 5.82. The van der Waals surface area contributed by atoms with Crippen LogP contribution in [0.2, 0.25) is 0 Å². The Kier molecular flexibility index (Phi) is 5.78. The lowest BCUT2D eigenvalue weighted by atomic mass is 9.66. The second-order valence-electron chi connectivity index (χ2n) is 8.65. The van der Waals surface area contributed by atoms with Gasteiger partial charge in [-0.15, -0.1) is 0 Å². The molecule has 1 spiro atoms. The molecule has 0 aromatic heterocycles. The maximum atomic E-state index is 7.44. The van der Waals surface area contributed by atoms with E-state index < -0.39 is 0 Å². The van der Waals surface area contributed by atoms with Gasteiger partial charge in [-0.25, -0.2) is 0 Å². The highest BCUT2D eigenvalue weighted by Crippen LogP contribution is 2.50. The van der Waals surface area contributed by atoms with Gasteiger partial charge in [0.05, 0.1) is 0 Å². The summed E-state index contributed by atoms with van der Waals surface area (Å²) in [5.41, 5.74) is 8.30. The fraction of sp³-hybridized carbons (Fsp3) is 0.571. The number of halogens is 1. The summed E-state index contributed by atoms with van der Waals surface area (Å²) in [5.74, 6) is 2.49. The van der Waals surface area contributed by atoms with E-state index in [0.717, 1.165) is 41.2 Å². The van der Waals surface area contributed by atoms with Crippen LogP contribution in [0.1, 0.15) is 58.4 Å². The fourth-order valence-corrected chi connectivity index (χ4v) is 5.08. The minimum atomic E-state index is -0.0741. The molecule has 0 atom stereocenters. The van der Waals surface area contributed by atoms with Crippen molar-refractivity contribution in [1.29, 1.82) is 5.41 Å². The average Bonchev–Trinajstić information content (AvgIpc) is 2.55. The molecule has 5 heteroatoms. The van der Waals surface area contributed by atoms with Crippen LogP contribution in [0.5, 0.6) is 5.75 Å². The van der Waals surface area contributed by atoms with Gasteiger partial charge in [-0.1, -0.05) is 54.5 Å². The zero-order valence-corrected chi connectivity index (χ0v) is 18.3. The predicted octanol–water partition coefficient (Wildman–Crippen LogP) is 6.22. The van der Waals surface area contributed by atoms with Gasteiger partial charge in [-0.3, -0.25) is 5.41 Å². The smallest absolute Gasteiger partial charge is 0.151 e. The molecular formula is C21H29BrN2OS. The first-order valence-electron chi connectivity index (χ1n) is 9.33. The van der Waals surface area contributed by atoms with E-state index in [9.17, 15) is 0 Å². The van der Waals surface area contributed by atoms with Crippen molar-refractivity contribution < 1.29 is 4.74 Å². The first kappa shape index (κ1) is 19.8. The van der Waals surface area contributed by atoms with E-state index in [1.165, 1.54) is 35.7 Å². The Morgan fingerprint density at radius 2 is 2.08 bits per heavy atom. The molecule has 1 aliphatic carbocycles. The molecule has 0 amide bonds. The van der Waals surface area contributed by atoms with Crippen LogP contribution >= 0.6 is 27.7 Å². The largest absolute Gasteiger partial charge is 0.486 e. The summed E-state index contributed by atoms with van der Waals surface area (Å²) in [5, 5.41) is 7.61. The predicted molar refractivity (Wildman–Crippen MR) is 116 cm³/mol. The third kappa shape index (κ3) is 4.48. The van der Waals surface area contributed by atoms with Gasteiger partial charge in [0.15, 0.2) is 5.17 Å². The summed E-state index contributed by atoms with van der Waals surface area (Å²) in [7, 11) is 0. The second kappa shape index (κ2) is 7.59. The molecule has 26 heavy (non-hydrogen) atoms. The summed E-state index contributed by atoms with van der Waals surface area (Å²) in [6.45, 7) is 7.07. The molecule has 1 saturated carbocycles. The van der Waals surface area contributed by atoms with Gasteiger partial charge >= 0.3 is 0 Å². The molecule has 0 unspecified atom stereocenters. The van der Waals surface area contributed by atoms with Crippen molar-refractivity contribution in [2.45, 2.75) is 58.5 Å². The van der Waals surface area contributed by atoms with E-state index in [2.05, 4.69) is 61.0 Å². The molecule has 2 aliphatic rings. The van der Waals surface area contributed by atoms with E-state index in [4.69, 9.17) is 15.9 Å². The number of thioether (sulfide) groups is 1. The first-order valence-corrected chi connectivity index (χ1v) is 11.1. The maximum Gasteiger partial charge on any atom is 0.151 e. The van der Waals surface area contributed by atoms with E-state index in [1.807, 2.05) is 0 Å². The second-order valence-corrected chi connectivity index (χ2v) is 10.6. The molecule has 1 heterocycles. The van der Waals surface area contributed by atoms with E-state index in [1.54, 1.807) is 0 Å². The van der Waals surface area contributed by atoms with Gasteiger partial charge < -0.3 is 10.5 Å². The molecule has 1 fully saturated rings. The standard InChI is InChI=1S/C21H29BrN2OS/c1-20(2,3)15-6-9-21(10-7-15)13-14(8-11-26-19(23)24)17-12-16(22)4-5-18(17)25-21/h4-5,8,12,15H,6-7,9-11,13H2,1-3H3,(H3,23,24)/b14-8+. The number of hydrogen-bond donors (Lipinski definition) is 2. The van der Waals surface area contributed by atoms with Crippen LogP contribution in [0.3, 0.4) is 0 Å². The molecule has 1 aliphatic heterocycles. The molecule has 0 bridgehead atoms. The Hall–Kier alpha value is -0.940. The van der Waals surface area contributed by atoms with Crippen LogP contribution < -0.4 is 10.5 Å². The van der Waals surface area contributed by atoms with Crippen LogP contribution in [0, 0.1) is 16.7 Å². The number of hydrogen-bond acceptors (Lipinski definition) is 3. The lowest BCUT2D eigenvalue weighted by molar-refractivity contribution is -0.00398. The monoisotopic (exact) mass is 436 g/mol. The molecule has 3 nitrogen and oxygen atoms in total. The van der Waals surface area contributed by atoms with Gasteiger partial charge in [-0.2, -0.15) is 0 Å². The highest BCUT2D eigenvalue weighted by atomic mass is 79.9. The van der Waals surface area contributed by atoms with Crippen LogP contribution in [0.15, 0.2) is 28.7 Å². The van der Waals surface area contributed by atoms with E-state index >= 15 is 0 Å². The van der Waals surface area contributed by atoms with Crippen LogP contribution in [0.4, 0.5) is 0 Å². The molecule has 142 valence electrons. The molecule has 1 aromatic rings. The van der Waals surface area contributed by atoms with Crippen molar-refractivity contribution in [1.82, 2.24) is 0 Å². The zero-order chi connectivity index (χ0) is 18.9. The summed E-state index contributed by atoms with van der Waals surface area (Å²) in [4.78, 5) is 0. The molecule has 0 saturated heterocycles. The maximum absolute atomic E-state index is 7.44. The Morgan fingerprint density at radius 3 is 2.69 bits per heavy atom. The Labute approximate surface area is 169 Å². The minimum absolute atomic E-state index is 0.0741. The average molecular weight is 437 g/mol. The zero-order valence-electron chi connectivity index (χ0n) is 15.9. The highest BCUT2D eigenvalue weighted by Gasteiger charge is 2.43. The van der Waals surface area contributed by atoms with Crippen LogP contribution in [0.25, 0.3) is 5.57 Å². The number of ether oxygens (including phenoxy) is 1. The number of fused-ring (bicyclic) bond motifs is 1. The van der Waals surface area contributed by atoms with Gasteiger partial charge in [0.1, 0.15) is 11.4 Å². The van der Waals surface area contributed by atoms with E-state index in [0.29, 0.717) is 5.41 Å². The topological polar surface area (TPSA) is 59.1 Å². The van der Waals surface area contributed by atoms with Crippen LogP contribution in [-0.2, 0) is 0 Å². The molecule has 0 radical (unpaired) electrons. The molecule has 3 N–H and O–H groups in total. The Bertz CT molecular complexity index is 715. The van der Waals surface area contributed by atoms with Gasteiger partial charge in [0.25, 0.3) is 0 Å². The van der Waals surface area contributed by atoms with Gasteiger partial charge in [-0.05, 0) is 60.8 Å². The third-order valence-corrected chi connectivity index (χ3v) is 6.95. The minimum Gasteiger partial charge on any atom is -0.486 e. The van der Waals surface area contributed by atoms with Crippen molar-refractivity contribution in [2.75, 3.05) is 5.75 Å². The van der Waals surface area contributed by atoms with Crippen molar-refractivity contribution in [3.63, 3.8) is 0 Å². The molecule has 1 aromatic carbocycles. The van der Waals surface area contributed by atoms with Crippen molar-refractivity contribution in [2.24, 2.45) is 17.1 Å². The lowest BCUT2D eigenvalue weighted by Crippen LogP contribution is -2.44. The normalized spacial score (nSPS) is 27.2. The number of nitrogens with one attached hydrogen (secondary N) is 1. The summed E-state index contributed by atoms with van der Waals surface area (Å²) in [6.07, 6.45) is 7.86. The van der Waals surface area contributed by atoms with Crippen molar-refractivity contribution in [3.05, 3.63) is 34.3 Å². The summed E-state index contributed by atoms with van der Waals surface area (Å²) < 4.78 is 7.67. The van der Waals surface area contributed by atoms with E-state index in [-0.39, 0.29) is 10.8 Å². The molecule has 3 rings (SSSR count). The Balaban J connectivity index is 1.85.